The normalized spacial score (nSPS) is 12.0. The maximum Gasteiger partial charge on any atom is 0.191 e. The van der Waals surface area contributed by atoms with Crippen LogP contribution < -0.4 is 9.47 Å². The topological polar surface area (TPSA) is 58.4 Å². The lowest BCUT2D eigenvalue weighted by Crippen LogP contribution is -2.17. The van der Waals surface area contributed by atoms with E-state index >= 15 is 0 Å². The monoisotopic (exact) mass is 445 g/mol. The number of aryl methyl sites for hydroxylation is 2. The zero-order valence-corrected chi connectivity index (χ0v) is 19.1. The van der Waals surface area contributed by atoms with Gasteiger partial charge in [0.15, 0.2) is 22.5 Å². The number of methoxy groups -OCH3 is 1. The van der Waals surface area contributed by atoms with Gasteiger partial charge < -0.3 is 14.2 Å². The highest BCUT2D eigenvalue weighted by Gasteiger charge is 2.19. The van der Waals surface area contributed by atoms with E-state index in [1.807, 2.05) is 31.4 Å². The molecule has 0 aliphatic carbocycles. The lowest BCUT2D eigenvalue weighted by molar-refractivity contribution is 0.154. The fraction of sp³-hybridized carbons (Fsp3) is 0.391. The van der Waals surface area contributed by atoms with Crippen LogP contribution in [0.15, 0.2) is 47.6 Å². The first kappa shape index (κ1) is 23.1. The first-order valence-electron chi connectivity index (χ1n) is 10.1. The molecule has 0 aliphatic heterocycles. The average molecular weight is 446 g/mol. The molecule has 0 amide bonds. The molecule has 0 saturated carbocycles. The van der Waals surface area contributed by atoms with Crippen molar-refractivity contribution in [2.24, 2.45) is 0 Å². The van der Waals surface area contributed by atoms with Crippen LogP contribution in [0, 0.1) is 19.7 Å². The second kappa shape index (κ2) is 11.2. The van der Waals surface area contributed by atoms with E-state index in [-0.39, 0.29) is 18.4 Å². The quantitative estimate of drug-likeness (QED) is 0.306. The third-order valence-corrected chi connectivity index (χ3v) is 5.60. The van der Waals surface area contributed by atoms with Crippen LogP contribution in [0.3, 0.4) is 0 Å². The largest absolute Gasteiger partial charge is 0.492 e. The SMILES string of the molecule is COC[C@@H](C)n1c(COc2ccccc2F)nnc1SCCOc1cc(C)ccc1C. The lowest BCUT2D eigenvalue weighted by atomic mass is 10.1. The van der Waals surface area contributed by atoms with Crippen LogP contribution in [0.1, 0.15) is 29.9 Å². The molecule has 0 saturated heterocycles. The van der Waals surface area contributed by atoms with Crippen LogP contribution in [-0.2, 0) is 11.3 Å². The molecule has 6 nitrogen and oxygen atoms in total. The zero-order chi connectivity index (χ0) is 22.2. The van der Waals surface area contributed by atoms with Crippen molar-refractivity contribution in [3.63, 3.8) is 0 Å². The highest BCUT2D eigenvalue weighted by molar-refractivity contribution is 7.99. The summed E-state index contributed by atoms with van der Waals surface area (Å²) in [6.45, 7) is 7.26. The summed E-state index contributed by atoms with van der Waals surface area (Å²) in [4.78, 5) is 0. The number of thioether (sulfide) groups is 1. The second-order valence-electron chi connectivity index (χ2n) is 7.26. The molecule has 2 aromatic carbocycles. The Morgan fingerprint density at radius 2 is 1.87 bits per heavy atom. The molecule has 0 fully saturated rings. The van der Waals surface area contributed by atoms with E-state index in [1.165, 1.54) is 11.6 Å². The van der Waals surface area contributed by atoms with Gasteiger partial charge in [-0.25, -0.2) is 4.39 Å². The minimum Gasteiger partial charge on any atom is -0.492 e. The molecular formula is C23H28FN3O3S. The van der Waals surface area contributed by atoms with Crippen molar-refractivity contribution in [1.29, 1.82) is 0 Å². The number of rotatable bonds is 11. The second-order valence-corrected chi connectivity index (χ2v) is 8.32. The van der Waals surface area contributed by atoms with Crippen LogP contribution in [0.5, 0.6) is 11.5 Å². The molecule has 0 radical (unpaired) electrons. The van der Waals surface area contributed by atoms with Gasteiger partial charge in [0.25, 0.3) is 0 Å². The molecule has 0 bridgehead atoms. The summed E-state index contributed by atoms with van der Waals surface area (Å²) in [5, 5.41) is 9.35. The Labute approximate surface area is 186 Å². The Balaban J connectivity index is 1.65. The van der Waals surface area contributed by atoms with Gasteiger partial charge >= 0.3 is 0 Å². The van der Waals surface area contributed by atoms with E-state index in [1.54, 1.807) is 37.1 Å². The predicted molar refractivity (Wildman–Crippen MR) is 119 cm³/mol. The van der Waals surface area contributed by atoms with Crippen molar-refractivity contribution in [2.75, 3.05) is 26.1 Å². The van der Waals surface area contributed by atoms with E-state index in [2.05, 4.69) is 22.3 Å². The van der Waals surface area contributed by atoms with Gasteiger partial charge in [0.1, 0.15) is 12.4 Å². The van der Waals surface area contributed by atoms with Crippen molar-refractivity contribution in [3.05, 3.63) is 65.2 Å². The first-order valence-corrected chi connectivity index (χ1v) is 11.1. The van der Waals surface area contributed by atoms with Crippen molar-refractivity contribution < 1.29 is 18.6 Å². The number of hydrogen-bond donors (Lipinski definition) is 0. The summed E-state index contributed by atoms with van der Waals surface area (Å²) < 4.78 is 32.7. The molecular weight excluding hydrogens is 417 g/mol. The van der Waals surface area contributed by atoms with Crippen LogP contribution in [0.25, 0.3) is 0 Å². The summed E-state index contributed by atoms with van der Waals surface area (Å²) in [6, 6.07) is 12.5. The van der Waals surface area contributed by atoms with Gasteiger partial charge in [-0.15, -0.1) is 10.2 Å². The maximum absolute atomic E-state index is 13.9. The number of para-hydroxylation sites is 1. The molecule has 0 N–H and O–H groups in total. The summed E-state index contributed by atoms with van der Waals surface area (Å²) >= 11 is 1.56. The number of halogens is 1. The fourth-order valence-corrected chi connectivity index (χ4v) is 3.99. The molecule has 3 rings (SSSR count). The third-order valence-electron chi connectivity index (χ3n) is 4.69. The standard InChI is InChI=1S/C23H28FN3O3S/c1-16-9-10-17(2)21(13-16)29-11-12-31-23-26-25-22(27(23)18(3)14-28-4)15-30-20-8-6-5-7-19(20)24/h5-10,13,18H,11-12,14-15H2,1-4H3/t18-/m1/s1. The number of benzene rings is 2. The van der Waals surface area contributed by atoms with Gasteiger partial charge in [-0.3, -0.25) is 4.57 Å². The Bertz CT molecular complexity index is 996. The minimum absolute atomic E-state index is 0.00153. The van der Waals surface area contributed by atoms with Gasteiger partial charge in [0.2, 0.25) is 0 Å². The predicted octanol–water partition coefficient (Wildman–Crippen LogP) is 4.99. The fourth-order valence-electron chi connectivity index (χ4n) is 3.11. The average Bonchev–Trinajstić information content (AvgIpc) is 3.16. The number of ether oxygens (including phenoxy) is 3. The molecule has 1 heterocycles. The zero-order valence-electron chi connectivity index (χ0n) is 18.3. The molecule has 3 aromatic rings. The Morgan fingerprint density at radius 1 is 1.06 bits per heavy atom. The van der Waals surface area contributed by atoms with Gasteiger partial charge in [-0.05, 0) is 50.1 Å². The Hall–Kier alpha value is -2.58. The van der Waals surface area contributed by atoms with Crippen molar-refractivity contribution >= 4 is 11.8 Å². The summed E-state index contributed by atoms with van der Waals surface area (Å²) in [5.41, 5.74) is 2.28. The molecule has 0 unspecified atom stereocenters. The van der Waals surface area contributed by atoms with Gasteiger partial charge in [-0.2, -0.15) is 0 Å². The van der Waals surface area contributed by atoms with Crippen LogP contribution in [0.2, 0.25) is 0 Å². The van der Waals surface area contributed by atoms with E-state index in [4.69, 9.17) is 14.2 Å². The Kier molecular flexibility index (Phi) is 8.31. The highest BCUT2D eigenvalue weighted by atomic mass is 32.2. The Morgan fingerprint density at radius 3 is 2.65 bits per heavy atom. The lowest BCUT2D eigenvalue weighted by Gasteiger charge is -2.17. The summed E-state index contributed by atoms with van der Waals surface area (Å²) in [5.74, 6) is 2.00. The van der Waals surface area contributed by atoms with Gasteiger partial charge in [0.05, 0.1) is 19.3 Å². The van der Waals surface area contributed by atoms with Crippen molar-refractivity contribution in [3.8, 4) is 11.5 Å². The van der Waals surface area contributed by atoms with E-state index in [0.29, 0.717) is 24.8 Å². The molecule has 8 heteroatoms. The van der Waals surface area contributed by atoms with Gasteiger partial charge in [-0.1, -0.05) is 36.0 Å². The number of nitrogens with zero attached hydrogens (tertiary/aromatic N) is 3. The van der Waals surface area contributed by atoms with Crippen molar-refractivity contribution in [2.45, 2.75) is 38.6 Å². The van der Waals surface area contributed by atoms with Crippen molar-refractivity contribution in [1.82, 2.24) is 14.8 Å². The summed E-state index contributed by atoms with van der Waals surface area (Å²) in [7, 11) is 1.65. The van der Waals surface area contributed by atoms with E-state index in [9.17, 15) is 4.39 Å². The number of hydrogen-bond acceptors (Lipinski definition) is 6. The molecule has 0 aliphatic rings. The maximum atomic E-state index is 13.9. The van der Waals surface area contributed by atoms with Crippen LogP contribution in [-0.4, -0.2) is 40.8 Å². The summed E-state index contributed by atoms with van der Waals surface area (Å²) in [6.07, 6.45) is 0. The molecule has 0 spiro atoms. The van der Waals surface area contributed by atoms with Crippen LogP contribution in [0.4, 0.5) is 4.39 Å². The van der Waals surface area contributed by atoms with Crippen LogP contribution >= 0.6 is 11.8 Å². The molecule has 1 aromatic heterocycles. The smallest absolute Gasteiger partial charge is 0.191 e. The van der Waals surface area contributed by atoms with E-state index in [0.717, 1.165) is 16.5 Å². The highest BCUT2D eigenvalue weighted by Crippen LogP contribution is 2.25. The number of aromatic nitrogens is 3. The third kappa shape index (κ3) is 6.21. The molecule has 31 heavy (non-hydrogen) atoms. The van der Waals surface area contributed by atoms with E-state index < -0.39 is 5.82 Å². The molecule has 1 atom stereocenters. The molecule has 166 valence electrons. The first-order chi connectivity index (χ1) is 15.0. The van der Waals surface area contributed by atoms with Gasteiger partial charge in [0, 0.05) is 12.9 Å². The minimum atomic E-state index is -0.406.